The number of carbonyl (C=O) groups excluding carboxylic acids is 1. The van der Waals surface area contributed by atoms with Crippen LogP contribution in [-0.2, 0) is 21.1 Å². The molecule has 0 atom stereocenters. The third kappa shape index (κ3) is 4.20. The van der Waals surface area contributed by atoms with Gasteiger partial charge in [-0.05, 0) is 23.6 Å². The molecule has 1 heterocycles. The lowest BCUT2D eigenvalue weighted by molar-refractivity contribution is -0.133. The minimum Gasteiger partial charge on any atom is -0.340 e. The lowest BCUT2D eigenvalue weighted by Gasteiger charge is -2.39. The molecule has 21 heavy (non-hydrogen) atoms. The number of nitrogens with zero attached hydrogens (tertiary/aromatic N) is 1. The van der Waals surface area contributed by atoms with Crippen molar-refractivity contribution in [2.45, 2.75) is 25.5 Å². The summed E-state index contributed by atoms with van der Waals surface area (Å²) in [4.78, 5) is 13.7. The van der Waals surface area contributed by atoms with Crippen molar-refractivity contribution >= 4 is 27.3 Å². The highest BCUT2D eigenvalue weighted by atomic mass is 35.5. The van der Waals surface area contributed by atoms with Crippen molar-refractivity contribution in [2.75, 3.05) is 18.8 Å². The first kappa shape index (κ1) is 16.3. The minimum absolute atomic E-state index is 0.0340. The van der Waals surface area contributed by atoms with Crippen molar-refractivity contribution in [1.82, 2.24) is 4.90 Å². The van der Waals surface area contributed by atoms with Gasteiger partial charge in [-0.3, -0.25) is 4.79 Å². The topological polar surface area (TPSA) is 54.5 Å². The molecule has 6 heteroatoms. The quantitative estimate of drug-likeness (QED) is 0.832. The zero-order valence-electron chi connectivity index (χ0n) is 12.3. The summed E-state index contributed by atoms with van der Waals surface area (Å²) in [6.45, 7) is 4.42. The molecule has 0 bridgehead atoms. The fraction of sp³-hybridized carbons (Fsp3) is 0.533. The molecule has 116 valence electrons. The van der Waals surface area contributed by atoms with E-state index in [1.807, 2.05) is 26.0 Å². The van der Waals surface area contributed by atoms with Gasteiger partial charge in [-0.15, -0.1) is 0 Å². The van der Waals surface area contributed by atoms with E-state index in [1.54, 1.807) is 17.0 Å². The van der Waals surface area contributed by atoms with E-state index in [-0.39, 0.29) is 24.0 Å². The fourth-order valence-electron chi connectivity index (χ4n) is 2.36. The monoisotopic (exact) mass is 329 g/mol. The van der Waals surface area contributed by atoms with Gasteiger partial charge in [-0.2, -0.15) is 0 Å². The molecule has 1 aromatic rings. The van der Waals surface area contributed by atoms with Crippen molar-refractivity contribution in [1.29, 1.82) is 0 Å². The zero-order valence-corrected chi connectivity index (χ0v) is 13.8. The lowest BCUT2D eigenvalue weighted by atomic mass is 10.1. The molecule has 1 amide bonds. The number of carbonyl (C=O) groups is 1. The summed E-state index contributed by atoms with van der Waals surface area (Å²) in [5.74, 6) is 0.277. The van der Waals surface area contributed by atoms with E-state index < -0.39 is 15.1 Å². The molecule has 1 aliphatic heterocycles. The van der Waals surface area contributed by atoms with E-state index in [1.165, 1.54) is 0 Å². The number of rotatable bonds is 5. The Morgan fingerprint density at radius 2 is 1.86 bits per heavy atom. The average Bonchev–Trinajstić information content (AvgIpc) is 2.27. The first-order chi connectivity index (χ1) is 9.78. The van der Waals surface area contributed by atoms with Crippen LogP contribution in [-0.4, -0.2) is 43.3 Å². The summed E-state index contributed by atoms with van der Waals surface area (Å²) < 4.78 is 24.1. The van der Waals surface area contributed by atoms with Gasteiger partial charge in [0.25, 0.3) is 0 Å². The summed E-state index contributed by atoms with van der Waals surface area (Å²) in [5.41, 5.74) is 0.887. The van der Waals surface area contributed by atoms with Crippen LogP contribution in [0.5, 0.6) is 0 Å². The SMILES string of the molecule is CC(C)CS(=O)(=O)C1CN(C(=O)Cc2ccc(Cl)cc2)C1. The number of likely N-dealkylation sites (tertiary alicyclic amines) is 1. The van der Waals surface area contributed by atoms with E-state index in [0.717, 1.165) is 5.56 Å². The number of hydrogen-bond acceptors (Lipinski definition) is 3. The van der Waals surface area contributed by atoms with Gasteiger partial charge in [0.15, 0.2) is 9.84 Å². The molecule has 0 spiro atoms. The number of amides is 1. The second-order valence-electron chi connectivity index (χ2n) is 5.95. The molecule has 4 nitrogen and oxygen atoms in total. The number of benzene rings is 1. The van der Waals surface area contributed by atoms with Gasteiger partial charge in [0.1, 0.15) is 0 Å². The van der Waals surface area contributed by atoms with Gasteiger partial charge in [-0.25, -0.2) is 8.42 Å². The van der Waals surface area contributed by atoms with Crippen molar-refractivity contribution in [2.24, 2.45) is 5.92 Å². The Labute approximate surface area is 131 Å². The lowest BCUT2D eigenvalue weighted by Crippen LogP contribution is -2.58. The average molecular weight is 330 g/mol. The van der Waals surface area contributed by atoms with Crippen LogP contribution in [0.25, 0.3) is 0 Å². The predicted molar refractivity (Wildman–Crippen MR) is 84.1 cm³/mol. The molecule has 0 unspecified atom stereocenters. The standard InChI is InChI=1S/C15H20ClNO3S/c1-11(2)10-21(19,20)14-8-17(9-14)15(18)7-12-3-5-13(16)6-4-12/h3-6,11,14H,7-10H2,1-2H3. The smallest absolute Gasteiger partial charge is 0.227 e. The van der Waals surface area contributed by atoms with E-state index in [0.29, 0.717) is 18.1 Å². The van der Waals surface area contributed by atoms with E-state index >= 15 is 0 Å². The number of halogens is 1. The molecular weight excluding hydrogens is 310 g/mol. The summed E-state index contributed by atoms with van der Waals surface area (Å²) in [7, 11) is -3.08. The predicted octanol–water partition coefficient (Wildman–Crippen LogP) is 2.16. The van der Waals surface area contributed by atoms with Gasteiger partial charge in [0, 0.05) is 18.1 Å². The molecule has 0 aromatic heterocycles. The van der Waals surface area contributed by atoms with E-state index in [9.17, 15) is 13.2 Å². The first-order valence-corrected chi connectivity index (χ1v) is 9.11. The third-order valence-corrected chi connectivity index (χ3v) is 6.24. The van der Waals surface area contributed by atoms with Gasteiger partial charge in [0.05, 0.1) is 17.4 Å². The van der Waals surface area contributed by atoms with E-state index in [4.69, 9.17) is 11.6 Å². The van der Waals surface area contributed by atoms with Gasteiger partial charge >= 0.3 is 0 Å². The van der Waals surface area contributed by atoms with Crippen LogP contribution < -0.4 is 0 Å². The van der Waals surface area contributed by atoms with Crippen LogP contribution in [0, 0.1) is 5.92 Å². The molecule has 1 aliphatic rings. The van der Waals surface area contributed by atoms with Crippen LogP contribution >= 0.6 is 11.6 Å². The Bertz CT molecular complexity index is 604. The van der Waals surface area contributed by atoms with Crippen LogP contribution in [0.2, 0.25) is 5.02 Å². The van der Waals surface area contributed by atoms with Gasteiger partial charge < -0.3 is 4.90 Å². The molecule has 0 radical (unpaired) electrons. The second-order valence-corrected chi connectivity index (χ2v) is 8.71. The summed E-state index contributed by atoms with van der Waals surface area (Å²) in [6.07, 6.45) is 0.286. The molecule has 2 rings (SSSR count). The third-order valence-electron chi connectivity index (χ3n) is 3.54. The highest BCUT2D eigenvalue weighted by Crippen LogP contribution is 2.20. The van der Waals surface area contributed by atoms with Crippen molar-refractivity contribution < 1.29 is 13.2 Å². The highest BCUT2D eigenvalue weighted by Gasteiger charge is 2.39. The Morgan fingerprint density at radius 3 is 2.38 bits per heavy atom. The Morgan fingerprint density at radius 1 is 1.29 bits per heavy atom. The second kappa shape index (κ2) is 6.36. The number of sulfone groups is 1. The fourth-order valence-corrected chi connectivity index (χ4v) is 4.50. The maximum Gasteiger partial charge on any atom is 0.227 e. The molecule has 1 saturated heterocycles. The van der Waals surface area contributed by atoms with Crippen LogP contribution in [0.4, 0.5) is 0 Å². The zero-order chi connectivity index (χ0) is 15.6. The maximum absolute atomic E-state index is 12.1. The van der Waals surface area contributed by atoms with Crippen molar-refractivity contribution in [3.63, 3.8) is 0 Å². The van der Waals surface area contributed by atoms with Crippen LogP contribution in [0.1, 0.15) is 19.4 Å². The van der Waals surface area contributed by atoms with Crippen LogP contribution in [0.3, 0.4) is 0 Å². The van der Waals surface area contributed by atoms with E-state index in [2.05, 4.69) is 0 Å². The Balaban J connectivity index is 1.86. The molecule has 1 fully saturated rings. The summed E-state index contributed by atoms with van der Waals surface area (Å²) >= 11 is 5.80. The highest BCUT2D eigenvalue weighted by molar-refractivity contribution is 7.92. The molecule has 1 aromatic carbocycles. The normalized spacial score (nSPS) is 16.1. The molecule has 0 N–H and O–H groups in total. The molecule has 0 aliphatic carbocycles. The summed E-state index contributed by atoms with van der Waals surface area (Å²) in [6, 6.07) is 7.12. The molecular formula is C15H20ClNO3S. The minimum atomic E-state index is -3.08. The summed E-state index contributed by atoms with van der Waals surface area (Å²) in [5, 5.41) is 0.240. The van der Waals surface area contributed by atoms with Gasteiger partial charge in [0.2, 0.25) is 5.91 Å². The molecule has 0 saturated carbocycles. The first-order valence-electron chi connectivity index (χ1n) is 7.01. The van der Waals surface area contributed by atoms with Crippen molar-refractivity contribution in [3.8, 4) is 0 Å². The number of hydrogen-bond donors (Lipinski definition) is 0. The Hall–Kier alpha value is -1.07. The van der Waals surface area contributed by atoms with Crippen molar-refractivity contribution in [3.05, 3.63) is 34.9 Å². The van der Waals surface area contributed by atoms with Gasteiger partial charge in [-0.1, -0.05) is 37.6 Å². The largest absolute Gasteiger partial charge is 0.340 e. The maximum atomic E-state index is 12.1. The Kier molecular flexibility index (Phi) is 4.94. The van der Waals surface area contributed by atoms with Crippen LogP contribution in [0.15, 0.2) is 24.3 Å².